The van der Waals surface area contributed by atoms with Crippen LogP contribution in [0.5, 0.6) is 5.75 Å². The lowest BCUT2D eigenvalue weighted by Crippen LogP contribution is -2.42. The second kappa shape index (κ2) is 7.53. The molecular weight excluding hydrogens is 350 g/mol. The van der Waals surface area contributed by atoms with Crippen molar-refractivity contribution in [3.8, 4) is 5.75 Å². The number of para-hydroxylation sites is 2. The number of ether oxygens (including phenoxy) is 3. The van der Waals surface area contributed by atoms with Crippen LogP contribution in [0.25, 0.3) is 0 Å². The fourth-order valence-electron chi connectivity index (χ4n) is 2.48. The highest BCUT2D eigenvalue weighted by Gasteiger charge is 2.38. The second-order valence-corrected chi connectivity index (χ2v) is 6.45. The van der Waals surface area contributed by atoms with Gasteiger partial charge in [0.05, 0.1) is 17.9 Å². The molecule has 1 aliphatic heterocycles. The number of esters is 2. The van der Waals surface area contributed by atoms with Crippen LogP contribution in [0, 0.1) is 6.92 Å². The number of nitrogens with one attached hydrogen (secondary N) is 1. The van der Waals surface area contributed by atoms with E-state index in [2.05, 4.69) is 10.4 Å². The van der Waals surface area contributed by atoms with Gasteiger partial charge in [-0.05, 0) is 25.1 Å². The molecule has 0 bridgehead atoms. The summed E-state index contributed by atoms with van der Waals surface area (Å²) >= 11 is 0. The van der Waals surface area contributed by atoms with Gasteiger partial charge in [0.25, 0.3) is 5.79 Å². The Labute approximate surface area is 156 Å². The number of hydrogen-bond acceptors (Lipinski definition) is 7. The van der Waals surface area contributed by atoms with E-state index in [0.29, 0.717) is 24.6 Å². The number of nitrogens with zero attached hydrogens (tertiary/aromatic N) is 2. The maximum absolute atomic E-state index is 12.0. The highest BCUT2D eigenvalue weighted by molar-refractivity contribution is 6.15. The zero-order chi connectivity index (χ0) is 19.4. The number of carbonyl (C=O) groups excluding carboxylic acids is 2. The van der Waals surface area contributed by atoms with Gasteiger partial charge >= 0.3 is 11.9 Å². The van der Waals surface area contributed by atoms with Crippen LogP contribution in [-0.4, -0.2) is 34.1 Å². The Morgan fingerprint density at radius 1 is 1.19 bits per heavy atom. The van der Waals surface area contributed by atoms with Gasteiger partial charge in [0, 0.05) is 26.2 Å². The van der Waals surface area contributed by atoms with Crippen LogP contribution in [0.2, 0.25) is 0 Å². The molecule has 1 aromatic heterocycles. The minimum absolute atomic E-state index is 0.212. The lowest BCUT2D eigenvalue weighted by Gasteiger charge is -2.29. The first-order valence-electron chi connectivity index (χ1n) is 8.49. The van der Waals surface area contributed by atoms with Gasteiger partial charge < -0.3 is 19.5 Å². The van der Waals surface area contributed by atoms with Crippen LogP contribution in [0.1, 0.15) is 19.5 Å². The third kappa shape index (κ3) is 4.66. The predicted molar refractivity (Wildman–Crippen MR) is 96.9 cm³/mol. The first-order chi connectivity index (χ1) is 12.8. The molecule has 2 aromatic rings. The van der Waals surface area contributed by atoms with Crippen molar-refractivity contribution >= 4 is 17.6 Å². The average molecular weight is 371 g/mol. The van der Waals surface area contributed by atoms with E-state index in [1.54, 1.807) is 16.8 Å². The normalized spacial score (nSPS) is 15.7. The van der Waals surface area contributed by atoms with E-state index in [4.69, 9.17) is 14.2 Å². The minimum Gasteiger partial charge on any atom is -0.489 e. The summed E-state index contributed by atoms with van der Waals surface area (Å²) in [4.78, 5) is 24.0. The van der Waals surface area contributed by atoms with Crippen LogP contribution < -0.4 is 10.1 Å². The molecule has 1 aliphatic rings. The van der Waals surface area contributed by atoms with Gasteiger partial charge in [0.15, 0.2) is 5.57 Å². The Kier molecular flexibility index (Phi) is 5.16. The quantitative estimate of drug-likeness (QED) is 0.474. The number of aryl methyl sites for hydroxylation is 1. The summed E-state index contributed by atoms with van der Waals surface area (Å²) in [6, 6.07) is 9.12. The lowest BCUT2D eigenvalue weighted by atomic mass is 10.2. The molecule has 1 aromatic carbocycles. The van der Waals surface area contributed by atoms with Crippen molar-refractivity contribution in [1.29, 1.82) is 0 Å². The molecule has 8 heteroatoms. The summed E-state index contributed by atoms with van der Waals surface area (Å²) in [5.41, 5.74) is 1.33. The van der Waals surface area contributed by atoms with Crippen LogP contribution in [0.15, 0.2) is 48.3 Å². The van der Waals surface area contributed by atoms with Crippen molar-refractivity contribution in [3.63, 3.8) is 0 Å². The molecule has 3 rings (SSSR count). The van der Waals surface area contributed by atoms with Gasteiger partial charge in [0.2, 0.25) is 0 Å². The second-order valence-electron chi connectivity index (χ2n) is 6.45. The SMILES string of the molecule is Cc1ccn(CCOc2ccccc2NC=C2C(=O)OC(C)(C)OC2=O)n1. The molecule has 1 fully saturated rings. The Bertz CT molecular complexity index is 863. The first-order valence-corrected chi connectivity index (χ1v) is 8.49. The molecule has 8 nitrogen and oxygen atoms in total. The molecule has 0 aliphatic carbocycles. The average Bonchev–Trinajstić information content (AvgIpc) is 2.99. The third-order valence-corrected chi connectivity index (χ3v) is 3.73. The van der Waals surface area contributed by atoms with Crippen LogP contribution in [0.3, 0.4) is 0 Å². The highest BCUT2D eigenvalue weighted by atomic mass is 16.7. The molecule has 0 saturated carbocycles. The van der Waals surface area contributed by atoms with Gasteiger partial charge in [-0.3, -0.25) is 4.68 Å². The Morgan fingerprint density at radius 3 is 2.56 bits per heavy atom. The Balaban J connectivity index is 1.65. The summed E-state index contributed by atoms with van der Waals surface area (Å²) in [7, 11) is 0. The molecule has 142 valence electrons. The molecule has 0 atom stereocenters. The largest absolute Gasteiger partial charge is 0.489 e. The van der Waals surface area contributed by atoms with E-state index in [0.717, 1.165) is 5.69 Å². The van der Waals surface area contributed by atoms with Crippen LogP contribution in [-0.2, 0) is 25.6 Å². The molecule has 0 spiro atoms. The maximum atomic E-state index is 12.0. The van der Waals surface area contributed by atoms with E-state index < -0.39 is 17.7 Å². The third-order valence-electron chi connectivity index (χ3n) is 3.73. The number of hydrogen-bond donors (Lipinski definition) is 1. The Morgan fingerprint density at radius 2 is 1.89 bits per heavy atom. The van der Waals surface area contributed by atoms with Crippen molar-refractivity contribution in [2.45, 2.75) is 33.1 Å². The van der Waals surface area contributed by atoms with Gasteiger partial charge in [-0.2, -0.15) is 5.10 Å². The highest BCUT2D eigenvalue weighted by Crippen LogP contribution is 2.26. The minimum atomic E-state index is -1.27. The number of carbonyl (C=O) groups is 2. The van der Waals surface area contributed by atoms with Crippen molar-refractivity contribution in [1.82, 2.24) is 9.78 Å². The van der Waals surface area contributed by atoms with Crippen molar-refractivity contribution in [3.05, 3.63) is 54.0 Å². The molecule has 0 amide bonds. The topological polar surface area (TPSA) is 91.7 Å². The zero-order valence-electron chi connectivity index (χ0n) is 15.4. The van der Waals surface area contributed by atoms with Gasteiger partial charge in [-0.1, -0.05) is 12.1 Å². The van der Waals surface area contributed by atoms with Crippen LogP contribution in [0.4, 0.5) is 5.69 Å². The summed E-state index contributed by atoms with van der Waals surface area (Å²) in [5, 5.41) is 7.21. The summed E-state index contributed by atoms with van der Waals surface area (Å²) in [5.74, 6) is -2.17. The van der Waals surface area contributed by atoms with Crippen molar-refractivity contribution in [2.75, 3.05) is 11.9 Å². The van der Waals surface area contributed by atoms with Gasteiger partial charge in [-0.25, -0.2) is 9.59 Å². The van der Waals surface area contributed by atoms with E-state index in [1.165, 1.54) is 20.0 Å². The smallest absolute Gasteiger partial charge is 0.350 e. The monoisotopic (exact) mass is 371 g/mol. The first kappa shape index (κ1) is 18.5. The maximum Gasteiger partial charge on any atom is 0.350 e. The molecular formula is C19H21N3O5. The number of rotatable bonds is 6. The van der Waals surface area contributed by atoms with Gasteiger partial charge in [-0.15, -0.1) is 0 Å². The number of cyclic esters (lactones) is 2. The standard InChI is InChI=1S/C19H21N3O5/c1-13-8-9-22(21-13)10-11-25-16-7-5-4-6-15(16)20-12-14-17(23)26-19(2,3)27-18(14)24/h4-9,12,20H,10-11H2,1-3H3. The molecule has 1 N–H and O–H groups in total. The zero-order valence-corrected chi connectivity index (χ0v) is 15.4. The van der Waals surface area contributed by atoms with E-state index >= 15 is 0 Å². The van der Waals surface area contributed by atoms with E-state index in [1.807, 2.05) is 31.3 Å². The van der Waals surface area contributed by atoms with Crippen molar-refractivity contribution < 1.29 is 23.8 Å². The van der Waals surface area contributed by atoms with Crippen LogP contribution >= 0.6 is 0 Å². The predicted octanol–water partition coefficient (Wildman–Crippen LogP) is 2.40. The number of aromatic nitrogens is 2. The number of anilines is 1. The van der Waals surface area contributed by atoms with E-state index in [9.17, 15) is 9.59 Å². The van der Waals surface area contributed by atoms with Crippen molar-refractivity contribution in [2.24, 2.45) is 0 Å². The molecule has 27 heavy (non-hydrogen) atoms. The van der Waals surface area contributed by atoms with Gasteiger partial charge in [0.1, 0.15) is 12.4 Å². The fourth-order valence-corrected chi connectivity index (χ4v) is 2.48. The van der Waals surface area contributed by atoms with E-state index in [-0.39, 0.29) is 5.57 Å². The summed E-state index contributed by atoms with van der Waals surface area (Å²) in [6.45, 7) is 5.92. The molecule has 0 radical (unpaired) electrons. The fraction of sp³-hybridized carbons (Fsp3) is 0.316. The summed E-state index contributed by atoms with van der Waals surface area (Å²) in [6.07, 6.45) is 3.15. The number of benzene rings is 1. The molecule has 1 saturated heterocycles. The summed E-state index contributed by atoms with van der Waals surface area (Å²) < 4.78 is 17.7. The molecule has 0 unspecified atom stereocenters. The molecule has 2 heterocycles. The lowest BCUT2D eigenvalue weighted by molar-refractivity contribution is -0.222. The Hall–Kier alpha value is -3.29.